The molecule has 0 aliphatic carbocycles. The van der Waals surface area contributed by atoms with Gasteiger partial charge in [0, 0.05) is 5.56 Å². The summed E-state index contributed by atoms with van der Waals surface area (Å²) in [7, 11) is 1.89. The van der Waals surface area contributed by atoms with Crippen LogP contribution in [0, 0.1) is 6.92 Å². The Balaban J connectivity index is 2.83. The molecule has 8 heteroatoms. The van der Waals surface area contributed by atoms with E-state index in [4.69, 9.17) is 4.42 Å². The first kappa shape index (κ1) is 17.6. The molecule has 0 bridgehead atoms. The minimum Gasteiger partial charge on any atom is -0.465 e. The fraction of sp³-hybridized carbons (Fsp3) is 0.250. The van der Waals surface area contributed by atoms with Gasteiger partial charge in [-0.15, -0.1) is 0 Å². The standard InChI is InChI=1S/C16H13F3O5/c1-8-4-6-9(7-5-8)12-10(14(20)22-2)11(15(21)23-3)13(24-12)16(17,18)19/h4-7H,1-3H3. The predicted octanol–water partition coefficient (Wildman–Crippen LogP) is 3.85. The molecule has 2 rings (SSSR count). The van der Waals surface area contributed by atoms with Crippen LogP contribution in [0.3, 0.4) is 0 Å². The van der Waals surface area contributed by atoms with Crippen LogP contribution in [0.2, 0.25) is 0 Å². The van der Waals surface area contributed by atoms with Crippen molar-refractivity contribution >= 4 is 11.9 Å². The maximum atomic E-state index is 13.2. The van der Waals surface area contributed by atoms with Gasteiger partial charge in [0.05, 0.1) is 14.2 Å². The summed E-state index contributed by atoms with van der Waals surface area (Å²) >= 11 is 0. The summed E-state index contributed by atoms with van der Waals surface area (Å²) in [5.41, 5.74) is -0.580. The van der Waals surface area contributed by atoms with E-state index < -0.39 is 40.8 Å². The van der Waals surface area contributed by atoms with Crippen molar-refractivity contribution in [2.24, 2.45) is 0 Å². The normalized spacial score (nSPS) is 11.2. The van der Waals surface area contributed by atoms with E-state index in [0.717, 1.165) is 19.8 Å². The number of esters is 2. The van der Waals surface area contributed by atoms with Crippen LogP contribution in [0.5, 0.6) is 0 Å². The van der Waals surface area contributed by atoms with Crippen LogP contribution in [-0.2, 0) is 15.7 Å². The minimum absolute atomic E-state index is 0.196. The van der Waals surface area contributed by atoms with Crippen LogP contribution in [-0.4, -0.2) is 26.2 Å². The van der Waals surface area contributed by atoms with E-state index in [1.54, 1.807) is 19.1 Å². The number of benzene rings is 1. The van der Waals surface area contributed by atoms with Gasteiger partial charge in [-0.25, -0.2) is 9.59 Å². The molecule has 0 saturated heterocycles. The number of carbonyl (C=O) groups is 2. The largest absolute Gasteiger partial charge is 0.465 e. The number of rotatable bonds is 3. The molecule has 0 aliphatic rings. The highest BCUT2D eigenvalue weighted by Gasteiger charge is 2.45. The highest BCUT2D eigenvalue weighted by Crippen LogP contribution is 2.41. The van der Waals surface area contributed by atoms with Crippen molar-refractivity contribution in [2.75, 3.05) is 14.2 Å². The zero-order valence-electron chi connectivity index (χ0n) is 13.0. The molecule has 0 fully saturated rings. The summed E-state index contributed by atoms with van der Waals surface area (Å²) < 4.78 is 53.4. The first-order valence-corrected chi connectivity index (χ1v) is 6.68. The van der Waals surface area contributed by atoms with Crippen LogP contribution in [0.1, 0.15) is 32.0 Å². The Labute approximate surface area is 135 Å². The Morgan fingerprint density at radius 2 is 1.46 bits per heavy atom. The Bertz CT molecular complexity index is 772. The third-order valence-corrected chi connectivity index (χ3v) is 3.26. The number of carbonyl (C=O) groups excluding carboxylic acids is 2. The number of ether oxygens (including phenoxy) is 2. The third-order valence-electron chi connectivity index (χ3n) is 3.26. The highest BCUT2D eigenvalue weighted by molar-refractivity contribution is 6.08. The summed E-state index contributed by atoms with van der Waals surface area (Å²) in [6.45, 7) is 1.79. The van der Waals surface area contributed by atoms with Gasteiger partial charge in [-0.3, -0.25) is 0 Å². The first-order valence-electron chi connectivity index (χ1n) is 6.68. The minimum atomic E-state index is -4.99. The molecule has 0 saturated carbocycles. The van der Waals surface area contributed by atoms with Gasteiger partial charge in [-0.1, -0.05) is 29.8 Å². The van der Waals surface area contributed by atoms with Gasteiger partial charge in [0.1, 0.15) is 16.9 Å². The number of hydrogen-bond donors (Lipinski definition) is 0. The second kappa shape index (κ2) is 6.38. The number of alkyl halides is 3. The summed E-state index contributed by atoms with van der Waals surface area (Å²) in [4.78, 5) is 23.8. The van der Waals surface area contributed by atoms with E-state index in [0.29, 0.717) is 0 Å². The Kier molecular flexibility index (Phi) is 4.68. The first-order chi connectivity index (χ1) is 11.2. The molecule has 1 heterocycles. The maximum Gasteiger partial charge on any atom is 0.450 e. The fourth-order valence-electron chi connectivity index (χ4n) is 2.13. The highest BCUT2D eigenvalue weighted by atomic mass is 19.4. The molecular formula is C16H13F3O5. The maximum absolute atomic E-state index is 13.2. The average molecular weight is 342 g/mol. The third kappa shape index (κ3) is 3.12. The fourth-order valence-corrected chi connectivity index (χ4v) is 2.13. The molecule has 0 radical (unpaired) electrons. The summed E-state index contributed by atoms with van der Waals surface area (Å²) in [5, 5.41) is 0. The number of halogens is 3. The molecule has 0 atom stereocenters. The van der Waals surface area contributed by atoms with Crippen molar-refractivity contribution in [1.29, 1.82) is 0 Å². The summed E-state index contributed by atoms with van der Waals surface area (Å²) in [5.74, 6) is -4.49. The van der Waals surface area contributed by atoms with E-state index in [2.05, 4.69) is 9.47 Å². The lowest BCUT2D eigenvalue weighted by Gasteiger charge is -2.05. The lowest BCUT2D eigenvalue weighted by molar-refractivity contribution is -0.153. The van der Waals surface area contributed by atoms with Gasteiger partial charge in [0.25, 0.3) is 0 Å². The van der Waals surface area contributed by atoms with E-state index in [-0.39, 0.29) is 5.56 Å². The molecule has 5 nitrogen and oxygen atoms in total. The van der Waals surface area contributed by atoms with Crippen LogP contribution < -0.4 is 0 Å². The molecule has 0 N–H and O–H groups in total. The lowest BCUT2D eigenvalue weighted by atomic mass is 10.0. The quantitative estimate of drug-likeness (QED) is 0.793. The van der Waals surface area contributed by atoms with Crippen molar-refractivity contribution in [3.8, 4) is 11.3 Å². The molecule has 0 spiro atoms. The smallest absolute Gasteiger partial charge is 0.450 e. The van der Waals surface area contributed by atoms with E-state index >= 15 is 0 Å². The SMILES string of the molecule is COC(=O)c1c(-c2ccc(C)cc2)oc(C(F)(F)F)c1C(=O)OC. The van der Waals surface area contributed by atoms with E-state index in [1.807, 2.05) is 0 Å². The number of furan rings is 1. The van der Waals surface area contributed by atoms with Gasteiger partial charge in [0.2, 0.25) is 5.76 Å². The van der Waals surface area contributed by atoms with Crippen LogP contribution >= 0.6 is 0 Å². The van der Waals surface area contributed by atoms with Crippen LogP contribution in [0.25, 0.3) is 11.3 Å². The summed E-state index contributed by atoms with van der Waals surface area (Å²) in [6, 6.07) is 6.21. The molecule has 0 unspecified atom stereocenters. The molecule has 1 aromatic heterocycles. The molecule has 0 amide bonds. The summed E-state index contributed by atoms with van der Waals surface area (Å²) in [6.07, 6.45) is -4.99. The zero-order valence-corrected chi connectivity index (χ0v) is 13.0. The van der Waals surface area contributed by atoms with Gasteiger partial charge in [-0.05, 0) is 6.92 Å². The lowest BCUT2D eigenvalue weighted by Crippen LogP contribution is -2.16. The number of aryl methyl sites for hydroxylation is 1. The van der Waals surface area contributed by atoms with Crippen molar-refractivity contribution < 1.29 is 36.7 Å². The Hall–Kier alpha value is -2.77. The molecule has 24 heavy (non-hydrogen) atoms. The molecular weight excluding hydrogens is 329 g/mol. The van der Waals surface area contributed by atoms with Gasteiger partial charge in [-0.2, -0.15) is 13.2 Å². The zero-order chi connectivity index (χ0) is 18.1. The van der Waals surface area contributed by atoms with Crippen molar-refractivity contribution in [3.05, 3.63) is 46.7 Å². The molecule has 128 valence electrons. The van der Waals surface area contributed by atoms with E-state index in [9.17, 15) is 22.8 Å². The molecule has 2 aromatic rings. The molecule has 1 aromatic carbocycles. The van der Waals surface area contributed by atoms with Crippen LogP contribution in [0.15, 0.2) is 28.7 Å². The van der Waals surface area contributed by atoms with Crippen molar-refractivity contribution in [2.45, 2.75) is 13.1 Å². The van der Waals surface area contributed by atoms with E-state index in [1.165, 1.54) is 12.1 Å². The van der Waals surface area contributed by atoms with Gasteiger partial charge < -0.3 is 13.9 Å². The van der Waals surface area contributed by atoms with Crippen LogP contribution in [0.4, 0.5) is 13.2 Å². The van der Waals surface area contributed by atoms with Crippen molar-refractivity contribution in [3.63, 3.8) is 0 Å². The van der Waals surface area contributed by atoms with Crippen molar-refractivity contribution in [1.82, 2.24) is 0 Å². The molecule has 0 aliphatic heterocycles. The topological polar surface area (TPSA) is 65.7 Å². The Morgan fingerprint density at radius 1 is 0.958 bits per heavy atom. The van der Waals surface area contributed by atoms with Gasteiger partial charge >= 0.3 is 18.1 Å². The monoisotopic (exact) mass is 342 g/mol. The number of hydrogen-bond acceptors (Lipinski definition) is 5. The Morgan fingerprint density at radius 3 is 1.92 bits per heavy atom. The second-order valence-corrected chi connectivity index (χ2v) is 4.86. The average Bonchev–Trinajstić information content (AvgIpc) is 2.94. The second-order valence-electron chi connectivity index (χ2n) is 4.86. The number of methoxy groups -OCH3 is 2. The van der Waals surface area contributed by atoms with Gasteiger partial charge in [0.15, 0.2) is 0 Å². The predicted molar refractivity (Wildman–Crippen MR) is 76.6 cm³/mol.